The third-order valence-corrected chi connectivity index (χ3v) is 6.66. The van der Waals surface area contributed by atoms with Gasteiger partial charge in [-0.05, 0) is 35.0 Å². The lowest BCUT2D eigenvalue weighted by atomic mass is 10.0. The summed E-state index contributed by atoms with van der Waals surface area (Å²) in [6.45, 7) is 0.0590. The molecule has 6 heteroatoms. The Bertz CT molecular complexity index is 1870. The highest BCUT2D eigenvalue weighted by atomic mass is 19.1. The van der Waals surface area contributed by atoms with Gasteiger partial charge in [0.25, 0.3) is 5.91 Å². The molecule has 5 aromatic carbocycles. The number of carbonyl (C=O) groups excluding carboxylic acids is 1. The van der Waals surface area contributed by atoms with E-state index in [1.165, 1.54) is 6.07 Å². The summed E-state index contributed by atoms with van der Waals surface area (Å²) < 4.78 is 20.2. The third-order valence-electron chi connectivity index (χ3n) is 6.66. The largest absolute Gasteiger partial charge is 0.488 e. The number of hydrogen-bond acceptors (Lipinski definition) is 4. The Morgan fingerprint density at radius 3 is 2.40 bits per heavy atom. The van der Waals surface area contributed by atoms with E-state index in [9.17, 15) is 9.18 Å². The maximum absolute atomic E-state index is 14.2. The summed E-state index contributed by atoms with van der Waals surface area (Å²) in [7, 11) is 0. The van der Waals surface area contributed by atoms with Crippen LogP contribution in [0.25, 0.3) is 32.9 Å². The lowest BCUT2D eigenvalue weighted by Gasteiger charge is -2.12. The lowest BCUT2D eigenvalue weighted by molar-refractivity contribution is 0.0956. The topological polar surface area (TPSA) is 63.6 Å². The van der Waals surface area contributed by atoms with Crippen molar-refractivity contribution in [1.82, 2.24) is 10.4 Å². The average Bonchev–Trinajstić information content (AvgIpc) is 3.01. The Hall–Kier alpha value is -5.36. The van der Waals surface area contributed by atoms with Crippen LogP contribution >= 0.6 is 0 Å². The van der Waals surface area contributed by atoms with Crippen LogP contribution in [0, 0.1) is 5.82 Å². The second-order valence-electron chi connectivity index (χ2n) is 9.22. The second-order valence-corrected chi connectivity index (χ2v) is 9.22. The van der Waals surface area contributed by atoms with Crippen molar-refractivity contribution in [2.24, 2.45) is 5.10 Å². The van der Waals surface area contributed by atoms with Gasteiger partial charge in [-0.15, -0.1) is 0 Å². The molecule has 0 bridgehead atoms. The number of hydrogen-bond donors (Lipinski definition) is 1. The number of nitrogens with one attached hydrogen (secondary N) is 1. The Morgan fingerprint density at radius 2 is 1.55 bits per heavy atom. The van der Waals surface area contributed by atoms with Crippen LogP contribution in [0.15, 0.2) is 126 Å². The SMILES string of the molecule is O=C(N/N=C\c1c(OCc2ccccc2F)ccc2ccccc12)c1cc(-c2ccccc2)nc2ccccc12. The predicted molar refractivity (Wildman–Crippen MR) is 157 cm³/mol. The van der Waals surface area contributed by atoms with E-state index in [0.717, 1.165) is 27.2 Å². The molecule has 0 aliphatic heterocycles. The summed E-state index contributed by atoms with van der Waals surface area (Å²) in [5.74, 6) is -0.160. The molecule has 0 radical (unpaired) electrons. The highest BCUT2D eigenvalue weighted by molar-refractivity contribution is 6.08. The Balaban J connectivity index is 1.32. The number of nitrogens with zero attached hydrogens (tertiary/aromatic N) is 2. The molecule has 0 saturated carbocycles. The van der Waals surface area contributed by atoms with E-state index in [2.05, 4.69) is 10.5 Å². The summed E-state index contributed by atoms with van der Waals surface area (Å²) >= 11 is 0. The first-order valence-corrected chi connectivity index (χ1v) is 12.8. The van der Waals surface area contributed by atoms with Gasteiger partial charge in [0.2, 0.25) is 0 Å². The van der Waals surface area contributed by atoms with Crippen LogP contribution in [0.3, 0.4) is 0 Å². The molecular formula is C34H24FN3O2. The van der Waals surface area contributed by atoms with Gasteiger partial charge in [-0.3, -0.25) is 4.79 Å². The molecule has 0 unspecified atom stereocenters. The number of ether oxygens (including phenoxy) is 1. The quantitative estimate of drug-likeness (QED) is 0.173. The molecule has 194 valence electrons. The summed E-state index contributed by atoms with van der Waals surface area (Å²) in [6.07, 6.45) is 1.57. The molecule has 5 nitrogen and oxygen atoms in total. The molecule has 0 saturated heterocycles. The fourth-order valence-corrected chi connectivity index (χ4v) is 4.64. The summed E-state index contributed by atoms with van der Waals surface area (Å²) in [5, 5.41) is 6.92. The van der Waals surface area contributed by atoms with E-state index in [-0.39, 0.29) is 18.3 Å². The van der Waals surface area contributed by atoms with Gasteiger partial charge in [-0.2, -0.15) is 5.10 Å². The fraction of sp³-hybridized carbons (Fsp3) is 0.0294. The monoisotopic (exact) mass is 525 g/mol. The Morgan fingerprint density at radius 1 is 0.825 bits per heavy atom. The molecule has 1 heterocycles. The van der Waals surface area contributed by atoms with Crippen LogP contribution in [0.1, 0.15) is 21.5 Å². The number of pyridine rings is 1. The van der Waals surface area contributed by atoms with Crippen LogP contribution < -0.4 is 10.2 Å². The zero-order valence-electron chi connectivity index (χ0n) is 21.4. The standard InChI is InChI=1S/C34H24FN3O2/c35-30-16-8-5-13-25(30)22-40-33-19-18-23-10-4-6-14-26(23)29(33)21-36-38-34(39)28-20-32(24-11-2-1-3-12-24)37-31-17-9-7-15-27(28)31/h1-21H,22H2,(H,38,39)/b36-21-. The van der Waals surface area contributed by atoms with Gasteiger partial charge < -0.3 is 4.74 Å². The molecule has 1 N–H and O–H groups in total. The maximum atomic E-state index is 14.2. The first kappa shape index (κ1) is 24.9. The molecule has 6 aromatic rings. The van der Waals surface area contributed by atoms with Gasteiger partial charge >= 0.3 is 0 Å². The first-order chi connectivity index (χ1) is 19.7. The molecule has 40 heavy (non-hydrogen) atoms. The second kappa shape index (κ2) is 11.2. The zero-order chi connectivity index (χ0) is 27.3. The van der Waals surface area contributed by atoms with Crippen molar-refractivity contribution in [2.45, 2.75) is 6.61 Å². The minimum absolute atomic E-state index is 0.0590. The first-order valence-electron chi connectivity index (χ1n) is 12.8. The normalized spacial score (nSPS) is 11.2. The van der Waals surface area contributed by atoms with Crippen LogP contribution in [-0.4, -0.2) is 17.1 Å². The van der Waals surface area contributed by atoms with Crippen LogP contribution in [0.4, 0.5) is 4.39 Å². The minimum atomic E-state index is -0.360. The number of benzene rings is 5. The Kier molecular flexibility index (Phi) is 6.97. The maximum Gasteiger partial charge on any atom is 0.272 e. The minimum Gasteiger partial charge on any atom is -0.488 e. The predicted octanol–water partition coefficient (Wildman–Crippen LogP) is 7.54. The Labute approximate surface area is 230 Å². The number of aromatic nitrogens is 1. The van der Waals surface area contributed by atoms with Crippen molar-refractivity contribution in [2.75, 3.05) is 0 Å². The molecule has 6 rings (SSSR count). The van der Waals surface area contributed by atoms with Gasteiger partial charge in [0.1, 0.15) is 18.2 Å². The van der Waals surface area contributed by atoms with Gasteiger partial charge in [-0.25, -0.2) is 14.8 Å². The molecule has 0 fully saturated rings. The number of rotatable bonds is 7. The van der Waals surface area contributed by atoms with Crippen LogP contribution in [0.2, 0.25) is 0 Å². The fourth-order valence-electron chi connectivity index (χ4n) is 4.64. The summed E-state index contributed by atoms with van der Waals surface area (Å²) in [5.41, 5.74) is 6.61. The van der Waals surface area contributed by atoms with E-state index in [1.54, 1.807) is 30.5 Å². The van der Waals surface area contributed by atoms with Gasteiger partial charge in [0, 0.05) is 22.1 Å². The number of para-hydroxylation sites is 1. The lowest BCUT2D eigenvalue weighted by Crippen LogP contribution is -2.18. The highest BCUT2D eigenvalue weighted by Crippen LogP contribution is 2.28. The molecule has 1 aromatic heterocycles. The summed E-state index contributed by atoms with van der Waals surface area (Å²) in [6, 6.07) is 37.1. The van der Waals surface area contributed by atoms with Crippen molar-refractivity contribution in [3.8, 4) is 17.0 Å². The van der Waals surface area contributed by atoms with E-state index in [0.29, 0.717) is 28.1 Å². The molecular weight excluding hydrogens is 501 g/mol. The molecule has 0 aliphatic rings. The summed E-state index contributed by atoms with van der Waals surface area (Å²) in [4.78, 5) is 18.2. The van der Waals surface area contributed by atoms with Crippen molar-refractivity contribution in [3.63, 3.8) is 0 Å². The molecule has 0 spiro atoms. The van der Waals surface area contributed by atoms with Gasteiger partial charge in [-0.1, -0.05) is 97.1 Å². The van der Waals surface area contributed by atoms with E-state index in [1.807, 2.05) is 91.0 Å². The van der Waals surface area contributed by atoms with Crippen molar-refractivity contribution in [3.05, 3.63) is 144 Å². The number of carbonyl (C=O) groups is 1. The van der Waals surface area contributed by atoms with Crippen LogP contribution in [0.5, 0.6) is 5.75 Å². The van der Waals surface area contributed by atoms with Crippen molar-refractivity contribution < 1.29 is 13.9 Å². The third kappa shape index (κ3) is 5.15. The van der Waals surface area contributed by atoms with Crippen molar-refractivity contribution >= 4 is 33.8 Å². The molecule has 0 aliphatic carbocycles. The number of amides is 1. The smallest absolute Gasteiger partial charge is 0.272 e. The van der Waals surface area contributed by atoms with E-state index in [4.69, 9.17) is 9.72 Å². The highest BCUT2D eigenvalue weighted by Gasteiger charge is 2.14. The van der Waals surface area contributed by atoms with Gasteiger partial charge in [0.15, 0.2) is 0 Å². The molecule has 0 atom stereocenters. The van der Waals surface area contributed by atoms with Crippen molar-refractivity contribution in [1.29, 1.82) is 0 Å². The van der Waals surface area contributed by atoms with E-state index < -0.39 is 0 Å². The van der Waals surface area contributed by atoms with Gasteiger partial charge in [0.05, 0.1) is 23.0 Å². The zero-order valence-corrected chi connectivity index (χ0v) is 21.4. The number of halogens is 1. The number of fused-ring (bicyclic) bond motifs is 2. The average molecular weight is 526 g/mol. The molecule has 1 amide bonds. The number of hydrazone groups is 1. The van der Waals surface area contributed by atoms with E-state index >= 15 is 0 Å². The van der Waals surface area contributed by atoms with Crippen LogP contribution in [-0.2, 0) is 6.61 Å².